The Labute approximate surface area is 191 Å². The van der Waals surface area contributed by atoms with Gasteiger partial charge in [0, 0.05) is 39.3 Å². The molecule has 0 spiro atoms. The van der Waals surface area contributed by atoms with Gasteiger partial charge in [0.1, 0.15) is 6.61 Å². The smallest absolute Gasteiger partial charge is 0.161 e. The Bertz CT molecular complexity index is 981. The molecule has 0 amide bonds. The highest BCUT2D eigenvalue weighted by molar-refractivity contribution is 5.48. The van der Waals surface area contributed by atoms with Crippen LogP contribution in [0.3, 0.4) is 0 Å². The maximum atomic E-state index is 5.99. The molecule has 1 fully saturated rings. The Morgan fingerprint density at radius 2 is 1.44 bits per heavy atom. The van der Waals surface area contributed by atoms with E-state index < -0.39 is 0 Å². The average molecular weight is 429 g/mol. The fraction of sp³-hybridized carbons (Fsp3) is 0.286. The van der Waals surface area contributed by atoms with Gasteiger partial charge in [-0.25, -0.2) is 0 Å². The van der Waals surface area contributed by atoms with Gasteiger partial charge in [-0.15, -0.1) is 0 Å². The van der Waals surface area contributed by atoms with Crippen molar-refractivity contribution in [3.05, 3.63) is 102 Å². The van der Waals surface area contributed by atoms with Crippen molar-refractivity contribution in [2.75, 3.05) is 39.8 Å². The lowest BCUT2D eigenvalue weighted by atomic mass is 10.1. The molecular weight excluding hydrogens is 396 g/mol. The topological polar surface area (TPSA) is 24.9 Å². The fourth-order valence-corrected chi connectivity index (χ4v) is 3.96. The van der Waals surface area contributed by atoms with E-state index in [0.717, 1.165) is 56.3 Å². The van der Waals surface area contributed by atoms with Crippen LogP contribution in [-0.2, 0) is 13.2 Å². The first-order valence-electron chi connectivity index (χ1n) is 11.3. The van der Waals surface area contributed by atoms with E-state index in [2.05, 4.69) is 76.5 Å². The Balaban J connectivity index is 1.25. The lowest BCUT2D eigenvalue weighted by Gasteiger charge is -2.34. The molecule has 32 heavy (non-hydrogen) atoms. The first kappa shape index (κ1) is 22.1. The molecule has 0 N–H and O–H groups in total. The van der Waals surface area contributed by atoms with Crippen LogP contribution in [0.5, 0.6) is 11.5 Å². The van der Waals surface area contributed by atoms with E-state index >= 15 is 0 Å². The summed E-state index contributed by atoms with van der Waals surface area (Å²) in [7, 11) is 1.70. The lowest BCUT2D eigenvalue weighted by molar-refractivity contribution is 0.137. The highest BCUT2D eigenvalue weighted by atomic mass is 16.5. The van der Waals surface area contributed by atoms with Gasteiger partial charge in [-0.05, 0) is 28.8 Å². The van der Waals surface area contributed by atoms with Crippen LogP contribution < -0.4 is 9.47 Å². The predicted molar refractivity (Wildman–Crippen MR) is 131 cm³/mol. The molecule has 0 aromatic heterocycles. The second-order valence-corrected chi connectivity index (χ2v) is 8.15. The number of hydrogen-bond donors (Lipinski definition) is 0. The van der Waals surface area contributed by atoms with Gasteiger partial charge in [-0.3, -0.25) is 9.80 Å². The minimum Gasteiger partial charge on any atom is -0.493 e. The predicted octanol–water partition coefficient (Wildman–Crippen LogP) is 5.11. The molecule has 0 atom stereocenters. The average Bonchev–Trinajstić information content (AvgIpc) is 2.85. The standard InChI is InChI=1S/C28H32N2O2/c1-31-28-21-26(14-15-27(28)32-23-25-11-6-3-7-12-25)22-30-19-17-29(18-20-30)16-8-13-24-9-4-2-5-10-24/h2-15,21H,16-20,22-23H2,1H3/b13-8+. The third-order valence-corrected chi connectivity index (χ3v) is 5.81. The number of methoxy groups -OCH3 is 1. The molecule has 4 nitrogen and oxygen atoms in total. The van der Waals surface area contributed by atoms with Crippen molar-refractivity contribution in [1.29, 1.82) is 0 Å². The molecule has 4 rings (SSSR count). The monoisotopic (exact) mass is 428 g/mol. The highest BCUT2D eigenvalue weighted by Crippen LogP contribution is 2.29. The Kier molecular flexibility index (Phi) is 7.96. The zero-order chi connectivity index (χ0) is 22.0. The first-order valence-corrected chi connectivity index (χ1v) is 11.3. The van der Waals surface area contributed by atoms with Crippen LogP contribution in [-0.4, -0.2) is 49.6 Å². The summed E-state index contributed by atoms with van der Waals surface area (Å²) in [5, 5.41) is 0. The number of rotatable bonds is 9. The molecule has 0 bridgehead atoms. The van der Waals surface area contributed by atoms with E-state index in [4.69, 9.17) is 9.47 Å². The van der Waals surface area contributed by atoms with Crippen molar-refractivity contribution in [2.24, 2.45) is 0 Å². The van der Waals surface area contributed by atoms with Crippen LogP contribution in [0.15, 0.2) is 84.9 Å². The maximum Gasteiger partial charge on any atom is 0.161 e. The zero-order valence-electron chi connectivity index (χ0n) is 18.8. The summed E-state index contributed by atoms with van der Waals surface area (Å²) in [6.07, 6.45) is 4.48. The molecule has 0 unspecified atom stereocenters. The number of piperazine rings is 1. The van der Waals surface area contributed by atoms with Gasteiger partial charge in [0.2, 0.25) is 0 Å². The van der Waals surface area contributed by atoms with Crippen molar-refractivity contribution in [3.8, 4) is 11.5 Å². The van der Waals surface area contributed by atoms with Crippen LogP contribution in [0.1, 0.15) is 16.7 Å². The van der Waals surface area contributed by atoms with Crippen LogP contribution in [0.25, 0.3) is 6.08 Å². The highest BCUT2D eigenvalue weighted by Gasteiger charge is 2.17. The van der Waals surface area contributed by atoms with Crippen LogP contribution in [0.2, 0.25) is 0 Å². The largest absolute Gasteiger partial charge is 0.493 e. The molecule has 1 saturated heterocycles. The summed E-state index contributed by atoms with van der Waals surface area (Å²) in [6.45, 7) is 6.81. The summed E-state index contributed by atoms with van der Waals surface area (Å²) in [5.74, 6) is 1.58. The molecule has 166 valence electrons. The van der Waals surface area contributed by atoms with Gasteiger partial charge in [-0.2, -0.15) is 0 Å². The third-order valence-electron chi connectivity index (χ3n) is 5.81. The second kappa shape index (κ2) is 11.5. The molecule has 1 aliphatic rings. The summed E-state index contributed by atoms with van der Waals surface area (Å²) in [5.41, 5.74) is 3.66. The van der Waals surface area contributed by atoms with Crippen molar-refractivity contribution < 1.29 is 9.47 Å². The lowest BCUT2D eigenvalue weighted by Crippen LogP contribution is -2.45. The first-order chi connectivity index (χ1) is 15.8. The summed E-state index contributed by atoms with van der Waals surface area (Å²) in [4.78, 5) is 5.02. The second-order valence-electron chi connectivity index (χ2n) is 8.15. The van der Waals surface area contributed by atoms with E-state index in [1.54, 1.807) is 7.11 Å². The Morgan fingerprint density at radius 1 is 0.750 bits per heavy atom. The minimum atomic E-state index is 0.539. The quantitative estimate of drug-likeness (QED) is 0.473. The molecule has 4 heteroatoms. The summed E-state index contributed by atoms with van der Waals surface area (Å²) >= 11 is 0. The van der Waals surface area contributed by atoms with E-state index in [0.29, 0.717) is 6.61 Å². The van der Waals surface area contributed by atoms with Crippen LogP contribution in [0.4, 0.5) is 0 Å². The van der Waals surface area contributed by atoms with Gasteiger partial charge < -0.3 is 9.47 Å². The molecule has 0 saturated carbocycles. The van der Waals surface area contributed by atoms with Crippen molar-refractivity contribution in [3.63, 3.8) is 0 Å². The van der Waals surface area contributed by atoms with Crippen LogP contribution >= 0.6 is 0 Å². The van der Waals surface area contributed by atoms with Gasteiger partial charge >= 0.3 is 0 Å². The van der Waals surface area contributed by atoms with Gasteiger partial charge in [0.25, 0.3) is 0 Å². The molecule has 0 aliphatic carbocycles. The molecule has 1 aliphatic heterocycles. The molecule has 0 radical (unpaired) electrons. The van der Waals surface area contributed by atoms with Gasteiger partial charge in [0.15, 0.2) is 11.5 Å². The number of benzene rings is 3. The Hall–Kier alpha value is -3.08. The molecule has 1 heterocycles. The number of hydrogen-bond acceptors (Lipinski definition) is 4. The fourth-order valence-electron chi connectivity index (χ4n) is 3.96. The SMILES string of the molecule is COc1cc(CN2CCN(C/C=C/c3ccccc3)CC2)ccc1OCc1ccccc1. The molecule has 3 aromatic rings. The third kappa shape index (κ3) is 6.46. The van der Waals surface area contributed by atoms with Crippen molar-refractivity contribution in [2.45, 2.75) is 13.2 Å². The van der Waals surface area contributed by atoms with E-state index in [-0.39, 0.29) is 0 Å². The zero-order valence-corrected chi connectivity index (χ0v) is 18.8. The van der Waals surface area contributed by atoms with Crippen LogP contribution in [0, 0.1) is 0 Å². The Morgan fingerprint density at radius 3 is 2.16 bits per heavy atom. The number of ether oxygens (including phenoxy) is 2. The van der Waals surface area contributed by atoms with Crippen molar-refractivity contribution in [1.82, 2.24) is 9.80 Å². The van der Waals surface area contributed by atoms with E-state index in [9.17, 15) is 0 Å². The summed E-state index contributed by atoms with van der Waals surface area (Å²) < 4.78 is 11.6. The normalized spacial score (nSPS) is 15.2. The molecule has 3 aromatic carbocycles. The van der Waals surface area contributed by atoms with E-state index in [1.807, 2.05) is 24.3 Å². The van der Waals surface area contributed by atoms with Gasteiger partial charge in [-0.1, -0.05) is 78.9 Å². The summed E-state index contributed by atoms with van der Waals surface area (Å²) in [6, 6.07) is 27.0. The maximum absolute atomic E-state index is 5.99. The van der Waals surface area contributed by atoms with Crippen molar-refractivity contribution >= 4 is 6.08 Å². The minimum absolute atomic E-state index is 0.539. The van der Waals surface area contributed by atoms with E-state index in [1.165, 1.54) is 11.1 Å². The molecular formula is C28H32N2O2. The number of nitrogens with zero attached hydrogens (tertiary/aromatic N) is 2. The van der Waals surface area contributed by atoms with Gasteiger partial charge in [0.05, 0.1) is 7.11 Å².